The molecule has 0 bridgehead atoms. The number of nitrogens with two attached hydrogens (primary N) is 1. The van der Waals surface area contributed by atoms with Crippen LogP contribution >= 0.6 is 11.3 Å². The Balaban J connectivity index is 1.67. The molecule has 3 heterocycles. The van der Waals surface area contributed by atoms with Crippen LogP contribution in [0.25, 0.3) is 21.5 Å². The van der Waals surface area contributed by atoms with E-state index in [0.29, 0.717) is 16.6 Å². The maximum atomic E-state index is 12.9. The van der Waals surface area contributed by atoms with Gasteiger partial charge in [-0.1, -0.05) is 24.3 Å². The smallest absolute Gasteiger partial charge is 0.339 e. The SMILES string of the molecule is Cn1c(N)c(C(=O)COC(=O)c2cc(-c3cccs3)nc3ccccc23)c(=O)n(C)c1=O. The average Bonchev–Trinajstić information content (AvgIpc) is 3.34. The number of thiophene rings is 1. The second-order valence-corrected chi connectivity index (χ2v) is 7.96. The standard InChI is InChI=1S/C22H18N4O5S/c1-25-19(23)18(20(28)26(2)22(25)30)16(27)11-31-21(29)13-10-15(17-8-5-9-32-17)24-14-7-4-3-6-12(13)14/h3-10H,11,23H2,1-2H3. The Kier molecular flexibility index (Phi) is 5.45. The molecule has 4 rings (SSSR count). The molecular weight excluding hydrogens is 432 g/mol. The van der Waals surface area contributed by atoms with Crippen molar-refractivity contribution in [2.45, 2.75) is 0 Å². The number of benzene rings is 1. The zero-order valence-electron chi connectivity index (χ0n) is 17.2. The van der Waals surface area contributed by atoms with Gasteiger partial charge in [-0.2, -0.15) is 0 Å². The van der Waals surface area contributed by atoms with Crippen molar-refractivity contribution in [3.8, 4) is 10.6 Å². The van der Waals surface area contributed by atoms with Gasteiger partial charge in [-0.05, 0) is 23.6 Å². The highest BCUT2D eigenvalue weighted by atomic mass is 32.1. The van der Waals surface area contributed by atoms with Crippen LogP contribution in [0.2, 0.25) is 0 Å². The molecule has 1 aromatic carbocycles. The Morgan fingerprint density at radius 3 is 2.56 bits per heavy atom. The molecule has 32 heavy (non-hydrogen) atoms. The van der Waals surface area contributed by atoms with E-state index in [1.165, 1.54) is 25.4 Å². The van der Waals surface area contributed by atoms with Gasteiger partial charge in [0.1, 0.15) is 11.4 Å². The van der Waals surface area contributed by atoms with Crippen LogP contribution < -0.4 is 17.0 Å². The summed E-state index contributed by atoms with van der Waals surface area (Å²) in [6.07, 6.45) is 0. The molecule has 0 spiro atoms. The van der Waals surface area contributed by atoms with E-state index in [2.05, 4.69) is 4.98 Å². The fourth-order valence-corrected chi connectivity index (χ4v) is 3.98. The number of ether oxygens (including phenoxy) is 1. The van der Waals surface area contributed by atoms with E-state index in [1.54, 1.807) is 24.3 Å². The van der Waals surface area contributed by atoms with Gasteiger partial charge >= 0.3 is 11.7 Å². The zero-order chi connectivity index (χ0) is 23.0. The summed E-state index contributed by atoms with van der Waals surface area (Å²) >= 11 is 1.48. The Morgan fingerprint density at radius 2 is 1.84 bits per heavy atom. The van der Waals surface area contributed by atoms with Crippen LogP contribution in [0.4, 0.5) is 5.82 Å². The molecule has 0 unspecified atom stereocenters. The van der Waals surface area contributed by atoms with E-state index < -0.39 is 35.2 Å². The minimum atomic E-state index is -0.846. The van der Waals surface area contributed by atoms with E-state index in [9.17, 15) is 19.2 Å². The zero-order valence-corrected chi connectivity index (χ0v) is 18.0. The number of para-hydroxylation sites is 1. The second kappa shape index (κ2) is 8.23. The molecule has 10 heteroatoms. The lowest BCUT2D eigenvalue weighted by Gasteiger charge is -2.12. The molecule has 162 valence electrons. The summed E-state index contributed by atoms with van der Waals surface area (Å²) in [5.41, 5.74) is 5.34. The first kappa shape index (κ1) is 21.2. The Hall–Kier alpha value is -4.05. The number of ketones is 1. The summed E-state index contributed by atoms with van der Waals surface area (Å²) in [4.78, 5) is 55.3. The highest BCUT2D eigenvalue weighted by molar-refractivity contribution is 7.13. The minimum absolute atomic E-state index is 0.244. The Bertz CT molecular complexity index is 1480. The fraction of sp³-hybridized carbons (Fsp3) is 0.136. The van der Waals surface area contributed by atoms with Crippen LogP contribution in [0.5, 0.6) is 0 Å². The molecule has 0 aliphatic heterocycles. The lowest BCUT2D eigenvalue weighted by atomic mass is 10.1. The molecule has 0 aliphatic rings. The summed E-state index contributed by atoms with van der Waals surface area (Å²) in [6.45, 7) is -0.707. The van der Waals surface area contributed by atoms with Gasteiger partial charge in [-0.15, -0.1) is 11.3 Å². The van der Waals surface area contributed by atoms with Crippen molar-refractivity contribution < 1.29 is 14.3 Å². The summed E-state index contributed by atoms with van der Waals surface area (Å²) in [5, 5.41) is 2.48. The lowest BCUT2D eigenvalue weighted by Crippen LogP contribution is -2.42. The van der Waals surface area contributed by atoms with Gasteiger partial charge in [0.2, 0.25) is 5.78 Å². The van der Waals surface area contributed by atoms with Gasteiger partial charge in [-0.25, -0.2) is 14.6 Å². The number of Topliss-reactive ketones (excluding diaryl/α,β-unsaturated/α-hetero) is 1. The number of hydrogen-bond donors (Lipinski definition) is 1. The third-order valence-electron chi connectivity index (χ3n) is 5.03. The van der Waals surface area contributed by atoms with Crippen molar-refractivity contribution in [2.75, 3.05) is 12.3 Å². The van der Waals surface area contributed by atoms with Gasteiger partial charge in [0.25, 0.3) is 5.56 Å². The summed E-state index contributed by atoms with van der Waals surface area (Å²) in [6, 6.07) is 12.5. The van der Waals surface area contributed by atoms with Gasteiger partial charge in [-0.3, -0.25) is 18.7 Å². The summed E-state index contributed by atoms with van der Waals surface area (Å²) in [5.74, 6) is -1.83. The quantitative estimate of drug-likeness (QED) is 0.364. The lowest BCUT2D eigenvalue weighted by molar-refractivity contribution is 0.0476. The number of nitrogen functional groups attached to an aromatic ring is 1. The molecule has 0 saturated carbocycles. The second-order valence-electron chi connectivity index (χ2n) is 7.01. The number of anilines is 1. The van der Waals surface area contributed by atoms with Crippen molar-refractivity contribution in [3.05, 3.63) is 79.8 Å². The first-order chi connectivity index (χ1) is 15.3. The molecule has 0 aliphatic carbocycles. The van der Waals surface area contributed by atoms with Crippen LogP contribution in [-0.4, -0.2) is 32.5 Å². The van der Waals surface area contributed by atoms with E-state index in [-0.39, 0.29) is 11.4 Å². The number of esters is 1. The van der Waals surface area contributed by atoms with E-state index in [1.807, 2.05) is 23.6 Å². The van der Waals surface area contributed by atoms with Crippen LogP contribution in [0, 0.1) is 0 Å². The van der Waals surface area contributed by atoms with Gasteiger partial charge in [0, 0.05) is 19.5 Å². The number of fused-ring (bicyclic) bond motifs is 1. The van der Waals surface area contributed by atoms with Crippen LogP contribution in [0.15, 0.2) is 57.4 Å². The maximum Gasteiger partial charge on any atom is 0.339 e. The highest BCUT2D eigenvalue weighted by Gasteiger charge is 2.23. The third-order valence-corrected chi connectivity index (χ3v) is 5.93. The topological polar surface area (TPSA) is 126 Å². The predicted octanol–water partition coefficient (Wildman–Crippen LogP) is 1.98. The molecular formula is C22H18N4O5S. The molecule has 0 saturated heterocycles. The number of rotatable bonds is 5. The molecule has 4 aromatic rings. The predicted molar refractivity (Wildman–Crippen MR) is 121 cm³/mol. The van der Waals surface area contributed by atoms with Crippen LogP contribution in [-0.2, 0) is 18.8 Å². The molecule has 3 aromatic heterocycles. The van der Waals surface area contributed by atoms with E-state index in [0.717, 1.165) is 14.0 Å². The molecule has 0 atom stereocenters. The molecule has 2 N–H and O–H groups in total. The number of carbonyl (C=O) groups is 2. The molecule has 0 amide bonds. The molecule has 0 radical (unpaired) electrons. The van der Waals surface area contributed by atoms with E-state index in [4.69, 9.17) is 10.5 Å². The normalized spacial score (nSPS) is 10.9. The van der Waals surface area contributed by atoms with Crippen molar-refractivity contribution in [3.63, 3.8) is 0 Å². The van der Waals surface area contributed by atoms with Gasteiger partial charge in [0.05, 0.1) is 21.7 Å². The number of hydrogen-bond acceptors (Lipinski definition) is 8. The van der Waals surface area contributed by atoms with Crippen molar-refractivity contribution in [2.24, 2.45) is 14.1 Å². The number of carbonyl (C=O) groups excluding carboxylic acids is 2. The van der Waals surface area contributed by atoms with Crippen molar-refractivity contribution in [1.82, 2.24) is 14.1 Å². The minimum Gasteiger partial charge on any atom is -0.454 e. The van der Waals surface area contributed by atoms with Crippen LogP contribution in [0.1, 0.15) is 20.7 Å². The van der Waals surface area contributed by atoms with Crippen molar-refractivity contribution >= 4 is 39.8 Å². The monoisotopic (exact) mass is 450 g/mol. The Morgan fingerprint density at radius 1 is 1.09 bits per heavy atom. The highest BCUT2D eigenvalue weighted by Crippen LogP contribution is 2.28. The summed E-state index contributed by atoms with van der Waals surface area (Å²) < 4.78 is 7.00. The first-order valence-corrected chi connectivity index (χ1v) is 10.4. The first-order valence-electron chi connectivity index (χ1n) is 9.49. The summed E-state index contributed by atoms with van der Waals surface area (Å²) in [7, 11) is 2.58. The van der Waals surface area contributed by atoms with Crippen molar-refractivity contribution in [1.29, 1.82) is 0 Å². The van der Waals surface area contributed by atoms with Gasteiger partial charge < -0.3 is 10.5 Å². The van der Waals surface area contributed by atoms with Gasteiger partial charge in [0.15, 0.2) is 6.61 Å². The largest absolute Gasteiger partial charge is 0.454 e. The third kappa shape index (κ3) is 3.60. The van der Waals surface area contributed by atoms with E-state index >= 15 is 0 Å². The number of nitrogens with zero attached hydrogens (tertiary/aromatic N) is 3. The number of pyridine rings is 1. The average molecular weight is 450 g/mol. The Labute approximate surface area is 185 Å². The van der Waals surface area contributed by atoms with Crippen LogP contribution in [0.3, 0.4) is 0 Å². The maximum absolute atomic E-state index is 12.9. The molecule has 9 nitrogen and oxygen atoms in total. The molecule has 0 fully saturated rings. The fourth-order valence-electron chi connectivity index (χ4n) is 3.30. The number of aromatic nitrogens is 3.